The van der Waals surface area contributed by atoms with Crippen LogP contribution in [0.15, 0.2) is 0 Å². The molecule has 0 bridgehead atoms. The zero-order chi connectivity index (χ0) is 11.4. The molecule has 0 aromatic rings. The standard InChI is InChI=1S/C12H27NO2/c1-4-6-12(11-13-2)7-5-8-15-10-9-14-3/h12-13H,4-11H2,1-3H3. The second kappa shape index (κ2) is 12.0. The molecular formula is C12H27NO2. The van der Waals surface area contributed by atoms with E-state index in [1.807, 2.05) is 7.05 Å². The summed E-state index contributed by atoms with van der Waals surface area (Å²) < 4.78 is 10.3. The van der Waals surface area contributed by atoms with E-state index in [2.05, 4.69) is 12.2 Å². The Morgan fingerprint density at radius 2 is 1.93 bits per heavy atom. The molecule has 0 aromatic carbocycles. The number of hydrogen-bond donors (Lipinski definition) is 1. The van der Waals surface area contributed by atoms with Crippen LogP contribution in [0.4, 0.5) is 0 Å². The van der Waals surface area contributed by atoms with Gasteiger partial charge >= 0.3 is 0 Å². The quantitative estimate of drug-likeness (QED) is 0.537. The van der Waals surface area contributed by atoms with Crippen molar-refractivity contribution in [2.45, 2.75) is 32.6 Å². The van der Waals surface area contributed by atoms with Crippen molar-refractivity contribution >= 4 is 0 Å². The van der Waals surface area contributed by atoms with Gasteiger partial charge in [0.25, 0.3) is 0 Å². The lowest BCUT2D eigenvalue weighted by Crippen LogP contribution is -2.19. The maximum Gasteiger partial charge on any atom is 0.0700 e. The van der Waals surface area contributed by atoms with Crippen LogP contribution >= 0.6 is 0 Å². The molecule has 1 unspecified atom stereocenters. The molecule has 0 aromatic heterocycles. The van der Waals surface area contributed by atoms with Crippen LogP contribution in [0.3, 0.4) is 0 Å². The third-order valence-corrected chi connectivity index (χ3v) is 2.52. The Bertz CT molecular complexity index is 114. The van der Waals surface area contributed by atoms with Crippen molar-refractivity contribution in [3.8, 4) is 0 Å². The summed E-state index contributed by atoms with van der Waals surface area (Å²) in [6, 6.07) is 0. The molecule has 0 saturated heterocycles. The van der Waals surface area contributed by atoms with Crippen LogP contribution in [0.25, 0.3) is 0 Å². The topological polar surface area (TPSA) is 30.5 Å². The van der Waals surface area contributed by atoms with Gasteiger partial charge in [-0.3, -0.25) is 0 Å². The molecule has 0 radical (unpaired) electrons. The molecule has 0 fully saturated rings. The van der Waals surface area contributed by atoms with Crippen LogP contribution in [0.1, 0.15) is 32.6 Å². The predicted octanol–water partition coefficient (Wildman–Crippen LogP) is 2.07. The van der Waals surface area contributed by atoms with E-state index in [0.29, 0.717) is 6.61 Å². The summed E-state index contributed by atoms with van der Waals surface area (Å²) in [6.45, 7) is 5.67. The van der Waals surface area contributed by atoms with Crippen molar-refractivity contribution in [2.75, 3.05) is 40.5 Å². The number of methoxy groups -OCH3 is 1. The van der Waals surface area contributed by atoms with Crippen molar-refractivity contribution in [2.24, 2.45) is 5.92 Å². The van der Waals surface area contributed by atoms with E-state index in [1.165, 1.54) is 19.3 Å². The summed E-state index contributed by atoms with van der Waals surface area (Å²) in [5, 5.41) is 3.25. The van der Waals surface area contributed by atoms with Gasteiger partial charge in [-0.2, -0.15) is 0 Å². The van der Waals surface area contributed by atoms with Gasteiger partial charge in [-0.1, -0.05) is 13.3 Å². The summed E-state index contributed by atoms with van der Waals surface area (Å²) >= 11 is 0. The summed E-state index contributed by atoms with van der Waals surface area (Å²) in [7, 11) is 3.73. The maximum absolute atomic E-state index is 5.44. The monoisotopic (exact) mass is 217 g/mol. The van der Waals surface area contributed by atoms with Gasteiger partial charge in [0.05, 0.1) is 13.2 Å². The van der Waals surface area contributed by atoms with Gasteiger partial charge in [-0.15, -0.1) is 0 Å². The van der Waals surface area contributed by atoms with Crippen molar-refractivity contribution < 1.29 is 9.47 Å². The van der Waals surface area contributed by atoms with E-state index in [0.717, 1.165) is 32.1 Å². The molecule has 0 heterocycles. The van der Waals surface area contributed by atoms with Crippen LogP contribution in [0.2, 0.25) is 0 Å². The normalized spacial score (nSPS) is 13.0. The third kappa shape index (κ3) is 10.2. The smallest absolute Gasteiger partial charge is 0.0700 e. The number of hydrogen-bond acceptors (Lipinski definition) is 3. The lowest BCUT2D eigenvalue weighted by Gasteiger charge is -2.15. The molecule has 3 heteroatoms. The number of rotatable bonds is 11. The molecular weight excluding hydrogens is 190 g/mol. The van der Waals surface area contributed by atoms with Crippen LogP contribution in [-0.2, 0) is 9.47 Å². The van der Waals surface area contributed by atoms with Gasteiger partial charge in [-0.05, 0) is 38.8 Å². The molecule has 1 atom stereocenters. The van der Waals surface area contributed by atoms with Crippen molar-refractivity contribution in [3.05, 3.63) is 0 Å². The van der Waals surface area contributed by atoms with Gasteiger partial charge in [-0.25, -0.2) is 0 Å². The minimum absolute atomic E-state index is 0.703. The van der Waals surface area contributed by atoms with E-state index in [-0.39, 0.29) is 0 Å². The first-order chi connectivity index (χ1) is 7.35. The number of ether oxygens (including phenoxy) is 2. The highest BCUT2D eigenvalue weighted by Gasteiger charge is 2.05. The Balaban J connectivity index is 3.28. The van der Waals surface area contributed by atoms with Gasteiger partial charge in [0.1, 0.15) is 0 Å². The minimum atomic E-state index is 0.703. The molecule has 3 nitrogen and oxygen atoms in total. The zero-order valence-electron chi connectivity index (χ0n) is 10.6. The molecule has 0 spiro atoms. The van der Waals surface area contributed by atoms with Crippen LogP contribution in [-0.4, -0.2) is 40.5 Å². The molecule has 15 heavy (non-hydrogen) atoms. The highest BCUT2D eigenvalue weighted by Crippen LogP contribution is 2.12. The van der Waals surface area contributed by atoms with E-state index in [9.17, 15) is 0 Å². The Kier molecular flexibility index (Phi) is 11.9. The molecule has 0 rings (SSSR count). The molecule has 0 amide bonds. The SMILES string of the molecule is CCCC(CCCOCCOC)CNC. The van der Waals surface area contributed by atoms with Gasteiger partial charge < -0.3 is 14.8 Å². The first-order valence-corrected chi connectivity index (χ1v) is 6.06. The van der Waals surface area contributed by atoms with Crippen LogP contribution in [0, 0.1) is 5.92 Å². The van der Waals surface area contributed by atoms with Crippen LogP contribution in [0.5, 0.6) is 0 Å². The highest BCUT2D eigenvalue weighted by molar-refractivity contribution is 4.60. The minimum Gasteiger partial charge on any atom is -0.382 e. The molecule has 92 valence electrons. The lowest BCUT2D eigenvalue weighted by atomic mass is 9.98. The average molecular weight is 217 g/mol. The lowest BCUT2D eigenvalue weighted by molar-refractivity contribution is 0.0670. The van der Waals surface area contributed by atoms with E-state index in [4.69, 9.17) is 9.47 Å². The Morgan fingerprint density at radius 3 is 2.53 bits per heavy atom. The first kappa shape index (κ1) is 14.9. The largest absolute Gasteiger partial charge is 0.382 e. The first-order valence-electron chi connectivity index (χ1n) is 6.06. The summed E-state index contributed by atoms with van der Waals surface area (Å²) in [4.78, 5) is 0. The van der Waals surface area contributed by atoms with Crippen molar-refractivity contribution in [1.29, 1.82) is 0 Å². The Labute approximate surface area is 94.5 Å². The molecule has 0 aliphatic heterocycles. The Morgan fingerprint density at radius 1 is 1.13 bits per heavy atom. The summed E-state index contributed by atoms with van der Waals surface area (Å²) in [6.07, 6.45) is 5.02. The van der Waals surface area contributed by atoms with E-state index >= 15 is 0 Å². The fourth-order valence-corrected chi connectivity index (χ4v) is 1.76. The van der Waals surface area contributed by atoms with Gasteiger partial charge in [0.15, 0.2) is 0 Å². The zero-order valence-corrected chi connectivity index (χ0v) is 10.6. The van der Waals surface area contributed by atoms with E-state index < -0.39 is 0 Å². The maximum atomic E-state index is 5.44. The molecule has 0 aliphatic rings. The molecule has 0 aliphatic carbocycles. The van der Waals surface area contributed by atoms with Crippen molar-refractivity contribution in [3.63, 3.8) is 0 Å². The Hall–Kier alpha value is -0.120. The second-order valence-corrected chi connectivity index (χ2v) is 3.96. The van der Waals surface area contributed by atoms with Gasteiger partial charge in [0, 0.05) is 13.7 Å². The van der Waals surface area contributed by atoms with Crippen LogP contribution < -0.4 is 5.32 Å². The second-order valence-electron chi connectivity index (χ2n) is 3.96. The summed E-state index contributed by atoms with van der Waals surface area (Å²) in [5.41, 5.74) is 0. The molecule has 0 saturated carbocycles. The summed E-state index contributed by atoms with van der Waals surface area (Å²) in [5.74, 6) is 0.811. The highest BCUT2D eigenvalue weighted by atomic mass is 16.5. The fourth-order valence-electron chi connectivity index (χ4n) is 1.76. The predicted molar refractivity (Wildman–Crippen MR) is 64.3 cm³/mol. The average Bonchev–Trinajstić information content (AvgIpc) is 2.24. The third-order valence-electron chi connectivity index (χ3n) is 2.52. The fraction of sp³-hybridized carbons (Fsp3) is 1.00. The van der Waals surface area contributed by atoms with Gasteiger partial charge in [0.2, 0.25) is 0 Å². The van der Waals surface area contributed by atoms with Crippen molar-refractivity contribution in [1.82, 2.24) is 5.32 Å². The van der Waals surface area contributed by atoms with E-state index in [1.54, 1.807) is 7.11 Å². The number of nitrogens with one attached hydrogen (secondary N) is 1. The molecule has 1 N–H and O–H groups in total.